The monoisotopic (exact) mass is 291 g/mol. The first-order chi connectivity index (χ1) is 10.8. The minimum atomic E-state index is 0.113. The van der Waals surface area contributed by atoms with Gasteiger partial charge in [0.15, 0.2) is 0 Å². The average molecular weight is 291 g/mol. The van der Waals surface area contributed by atoms with Crippen molar-refractivity contribution in [2.45, 2.75) is 18.9 Å². The third kappa shape index (κ3) is 2.17. The van der Waals surface area contributed by atoms with Crippen LogP contribution in [-0.2, 0) is 0 Å². The lowest BCUT2D eigenvalue weighted by Gasteiger charge is -2.25. The van der Waals surface area contributed by atoms with Crippen LogP contribution in [0, 0.1) is 0 Å². The molecule has 4 heteroatoms. The van der Waals surface area contributed by atoms with Gasteiger partial charge in [0.2, 0.25) is 0 Å². The summed E-state index contributed by atoms with van der Waals surface area (Å²) in [5.41, 5.74) is 2.99. The molecule has 1 aromatic carbocycles. The summed E-state index contributed by atoms with van der Waals surface area (Å²) in [6.07, 6.45) is 7.55. The molecule has 22 heavy (non-hydrogen) atoms. The predicted octanol–water partition coefficient (Wildman–Crippen LogP) is 3.54. The molecular formula is C18H17N3O. The maximum absolute atomic E-state index is 12.9. The van der Waals surface area contributed by atoms with E-state index in [1.807, 2.05) is 47.5 Å². The number of carbonyl (C=O) groups excluding carboxylic acids is 1. The van der Waals surface area contributed by atoms with Crippen molar-refractivity contribution >= 4 is 16.8 Å². The maximum atomic E-state index is 12.9. The van der Waals surface area contributed by atoms with Crippen LogP contribution in [-0.4, -0.2) is 27.3 Å². The van der Waals surface area contributed by atoms with Crippen molar-refractivity contribution < 1.29 is 4.79 Å². The first kappa shape index (κ1) is 13.1. The minimum Gasteiger partial charge on any atom is -0.361 e. The number of likely N-dealkylation sites (tertiary alicyclic amines) is 1. The highest BCUT2D eigenvalue weighted by atomic mass is 16.2. The van der Waals surface area contributed by atoms with E-state index in [1.165, 1.54) is 5.56 Å². The first-order valence-corrected chi connectivity index (χ1v) is 7.61. The zero-order chi connectivity index (χ0) is 14.9. The second-order valence-corrected chi connectivity index (χ2v) is 5.72. The van der Waals surface area contributed by atoms with Crippen LogP contribution in [0.15, 0.2) is 55.0 Å². The lowest BCUT2D eigenvalue weighted by molar-refractivity contribution is 0.0736. The van der Waals surface area contributed by atoms with Crippen LogP contribution in [0.3, 0.4) is 0 Å². The van der Waals surface area contributed by atoms with Crippen LogP contribution in [0.2, 0.25) is 0 Å². The highest BCUT2D eigenvalue weighted by molar-refractivity contribution is 5.98. The number of fused-ring (bicyclic) bond motifs is 1. The molecule has 0 aliphatic carbocycles. The van der Waals surface area contributed by atoms with E-state index in [9.17, 15) is 4.79 Å². The molecule has 3 aromatic rings. The number of nitrogens with zero attached hydrogens (tertiary/aromatic N) is 2. The second-order valence-electron chi connectivity index (χ2n) is 5.72. The van der Waals surface area contributed by atoms with Gasteiger partial charge < -0.3 is 9.88 Å². The third-order valence-corrected chi connectivity index (χ3v) is 4.40. The molecule has 4 nitrogen and oxygen atoms in total. The van der Waals surface area contributed by atoms with Gasteiger partial charge in [-0.3, -0.25) is 9.78 Å². The molecule has 1 atom stereocenters. The zero-order valence-corrected chi connectivity index (χ0v) is 12.2. The van der Waals surface area contributed by atoms with E-state index >= 15 is 0 Å². The van der Waals surface area contributed by atoms with Crippen molar-refractivity contribution in [2.24, 2.45) is 0 Å². The molecular weight excluding hydrogens is 274 g/mol. The Morgan fingerprint density at radius 2 is 2.05 bits per heavy atom. The second kappa shape index (κ2) is 5.30. The largest absolute Gasteiger partial charge is 0.361 e. The Bertz CT molecular complexity index is 809. The van der Waals surface area contributed by atoms with Gasteiger partial charge in [0.25, 0.3) is 5.91 Å². The van der Waals surface area contributed by atoms with Crippen molar-refractivity contribution in [1.29, 1.82) is 0 Å². The van der Waals surface area contributed by atoms with E-state index < -0.39 is 0 Å². The zero-order valence-electron chi connectivity index (χ0n) is 12.2. The number of hydrogen-bond donors (Lipinski definition) is 1. The Kier molecular flexibility index (Phi) is 3.15. The van der Waals surface area contributed by atoms with Crippen LogP contribution in [0.1, 0.15) is 34.8 Å². The van der Waals surface area contributed by atoms with Crippen LogP contribution >= 0.6 is 0 Å². The SMILES string of the molecule is O=C(c1ccc2[nH]ccc2c1)N1CCCC1c1ccncc1. The fourth-order valence-electron chi connectivity index (χ4n) is 3.29. The van der Waals surface area contributed by atoms with E-state index in [2.05, 4.69) is 9.97 Å². The summed E-state index contributed by atoms with van der Waals surface area (Å²) in [5.74, 6) is 0.113. The van der Waals surface area contributed by atoms with Gasteiger partial charge in [-0.15, -0.1) is 0 Å². The Hall–Kier alpha value is -2.62. The number of nitrogens with one attached hydrogen (secondary N) is 1. The number of hydrogen-bond acceptors (Lipinski definition) is 2. The summed E-state index contributed by atoms with van der Waals surface area (Å²) in [4.78, 5) is 22.1. The number of carbonyl (C=O) groups is 1. The topological polar surface area (TPSA) is 49.0 Å². The fraction of sp³-hybridized carbons (Fsp3) is 0.222. The molecule has 1 aliphatic rings. The van der Waals surface area contributed by atoms with E-state index in [1.54, 1.807) is 12.4 Å². The Morgan fingerprint density at radius 3 is 2.91 bits per heavy atom. The van der Waals surface area contributed by atoms with Gasteiger partial charge in [0.05, 0.1) is 6.04 Å². The third-order valence-electron chi connectivity index (χ3n) is 4.40. The number of benzene rings is 1. The Labute approximate surface area is 128 Å². The molecule has 1 fully saturated rings. The molecule has 0 saturated carbocycles. The molecule has 3 heterocycles. The summed E-state index contributed by atoms with van der Waals surface area (Å²) >= 11 is 0. The molecule has 0 radical (unpaired) electrons. The molecule has 1 unspecified atom stereocenters. The van der Waals surface area contributed by atoms with E-state index in [0.717, 1.165) is 35.9 Å². The van der Waals surface area contributed by atoms with E-state index in [-0.39, 0.29) is 11.9 Å². The quantitative estimate of drug-likeness (QED) is 0.785. The van der Waals surface area contributed by atoms with E-state index in [4.69, 9.17) is 0 Å². The Morgan fingerprint density at radius 1 is 1.18 bits per heavy atom. The van der Waals surface area contributed by atoms with Crippen molar-refractivity contribution in [3.05, 3.63) is 66.1 Å². The van der Waals surface area contributed by atoms with Gasteiger partial charge in [-0.2, -0.15) is 0 Å². The highest BCUT2D eigenvalue weighted by Gasteiger charge is 2.30. The fourth-order valence-corrected chi connectivity index (χ4v) is 3.29. The number of H-pyrrole nitrogens is 1. The number of rotatable bonds is 2. The van der Waals surface area contributed by atoms with Crippen LogP contribution < -0.4 is 0 Å². The van der Waals surface area contributed by atoms with Crippen LogP contribution in [0.25, 0.3) is 10.9 Å². The van der Waals surface area contributed by atoms with Gasteiger partial charge in [0.1, 0.15) is 0 Å². The minimum absolute atomic E-state index is 0.113. The summed E-state index contributed by atoms with van der Waals surface area (Å²) in [6, 6.07) is 12.0. The summed E-state index contributed by atoms with van der Waals surface area (Å²) < 4.78 is 0. The standard InChI is InChI=1S/C18H17N3O/c22-18(15-3-4-16-14(12-15)7-10-20-16)21-11-1-2-17(21)13-5-8-19-9-6-13/h3-10,12,17,20H,1-2,11H2. The normalized spacial score (nSPS) is 18.0. The van der Waals surface area contributed by atoms with Gasteiger partial charge in [-0.25, -0.2) is 0 Å². The molecule has 0 spiro atoms. The lowest BCUT2D eigenvalue weighted by Crippen LogP contribution is -2.30. The molecule has 110 valence electrons. The number of amides is 1. The lowest BCUT2D eigenvalue weighted by atomic mass is 10.1. The number of pyridine rings is 1. The van der Waals surface area contributed by atoms with Crippen molar-refractivity contribution in [1.82, 2.24) is 14.9 Å². The molecule has 0 bridgehead atoms. The van der Waals surface area contributed by atoms with Gasteiger partial charge in [-0.05, 0) is 54.8 Å². The molecule has 2 aromatic heterocycles. The number of aromatic nitrogens is 2. The van der Waals surface area contributed by atoms with Crippen molar-refractivity contribution in [3.8, 4) is 0 Å². The van der Waals surface area contributed by atoms with Gasteiger partial charge >= 0.3 is 0 Å². The van der Waals surface area contributed by atoms with Crippen LogP contribution in [0.5, 0.6) is 0 Å². The molecule has 1 saturated heterocycles. The first-order valence-electron chi connectivity index (χ1n) is 7.61. The Balaban J connectivity index is 1.66. The molecule has 1 amide bonds. The summed E-state index contributed by atoms with van der Waals surface area (Å²) in [6.45, 7) is 0.816. The van der Waals surface area contributed by atoms with Gasteiger partial charge in [-0.1, -0.05) is 0 Å². The van der Waals surface area contributed by atoms with Crippen LogP contribution in [0.4, 0.5) is 0 Å². The number of aromatic amines is 1. The molecule has 1 N–H and O–H groups in total. The van der Waals surface area contributed by atoms with Crippen molar-refractivity contribution in [2.75, 3.05) is 6.54 Å². The van der Waals surface area contributed by atoms with Gasteiger partial charge in [0, 0.05) is 41.6 Å². The smallest absolute Gasteiger partial charge is 0.254 e. The summed E-state index contributed by atoms with van der Waals surface area (Å²) in [7, 11) is 0. The molecule has 4 rings (SSSR count). The summed E-state index contributed by atoms with van der Waals surface area (Å²) in [5, 5.41) is 1.07. The highest BCUT2D eigenvalue weighted by Crippen LogP contribution is 2.33. The average Bonchev–Trinajstić information content (AvgIpc) is 3.23. The van der Waals surface area contributed by atoms with Crippen molar-refractivity contribution in [3.63, 3.8) is 0 Å². The predicted molar refractivity (Wildman–Crippen MR) is 85.5 cm³/mol. The molecule has 1 aliphatic heterocycles. The van der Waals surface area contributed by atoms with E-state index in [0.29, 0.717) is 0 Å². The maximum Gasteiger partial charge on any atom is 0.254 e.